The largest absolute Gasteiger partial charge is 0.206 e. The van der Waals surface area contributed by atoms with Crippen molar-refractivity contribution < 1.29 is 22.0 Å². The summed E-state index contributed by atoms with van der Waals surface area (Å²) >= 11 is 0. The molecule has 0 bridgehead atoms. The van der Waals surface area contributed by atoms with E-state index in [1.165, 1.54) is 48.5 Å². The van der Waals surface area contributed by atoms with Gasteiger partial charge in [-0.3, -0.25) is 0 Å². The Labute approximate surface area is 164 Å². The highest BCUT2D eigenvalue weighted by Crippen LogP contribution is 2.33. The van der Waals surface area contributed by atoms with Gasteiger partial charge >= 0.3 is 0 Å². The second-order valence-electron chi connectivity index (χ2n) is 6.78. The van der Waals surface area contributed by atoms with Crippen molar-refractivity contribution in [3.63, 3.8) is 0 Å². The number of rotatable bonds is 3. The summed E-state index contributed by atoms with van der Waals surface area (Å²) in [6.07, 6.45) is 0.480. The summed E-state index contributed by atoms with van der Waals surface area (Å²) in [6.45, 7) is 1.78. The van der Waals surface area contributed by atoms with E-state index in [2.05, 4.69) is 0 Å². The van der Waals surface area contributed by atoms with E-state index in [-0.39, 0.29) is 22.1 Å². The van der Waals surface area contributed by atoms with Crippen LogP contribution in [0.2, 0.25) is 0 Å². The van der Waals surface area contributed by atoms with Gasteiger partial charge in [0, 0.05) is 10.9 Å². The summed E-state index contributed by atoms with van der Waals surface area (Å²) < 4.78 is 70.7. The van der Waals surface area contributed by atoms with Gasteiger partial charge in [0.25, 0.3) is 0 Å². The number of halogens is 5. The van der Waals surface area contributed by atoms with Crippen molar-refractivity contribution in [3.05, 3.63) is 95.3 Å². The molecule has 0 aliphatic heterocycles. The number of hydrogen-bond acceptors (Lipinski definition) is 0. The molecule has 0 saturated carbocycles. The molecular weight excluding hydrogens is 383 g/mol. The molecule has 0 radical (unpaired) electrons. The van der Waals surface area contributed by atoms with Crippen LogP contribution in [-0.4, -0.2) is 0 Å². The van der Waals surface area contributed by atoms with E-state index in [4.69, 9.17) is 0 Å². The Balaban J connectivity index is 1.79. The van der Waals surface area contributed by atoms with Crippen LogP contribution in [-0.2, 0) is 6.42 Å². The molecule has 4 aromatic rings. The third-order valence-electron chi connectivity index (χ3n) is 4.99. The molecule has 0 aromatic heterocycles. The third kappa shape index (κ3) is 3.37. The van der Waals surface area contributed by atoms with Crippen molar-refractivity contribution in [2.75, 3.05) is 0 Å². The predicted octanol–water partition coefficient (Wildman–Crippen LogP) is 7.43. The van der Waals surface area contributed by atoms with E-state index in [1.807, 2.05) is 0 Å². The van der Waals surface area contributed by atoms with E-state index >= 15 is 0 Å². The summed E-state index contributed by atoms with van der Waals surface area (Å²) in [7, 11) is 0. The molecule has 0 amide bonds. The molecular formula is C24H15F5. The summed E-state index contributed by atoms with van der Waals surface area (Å²) in [4.78, 5) is 0. The molecule has 0 unspecified atom stereocenters. The maximum Gasteiger partial charge on any atom is 0.166 e. The number of aryl methyl sites for hydroxylation is 1. The molecule has 0 spiro atoms. The number of fused-ring (bicyclic) bond motifs is 1. The van der Waals surface area contributed by atoms with Gasteiger partial charge in [0.2, 0.25) is 0 Å². The molecule has 0 nitrogen and oxygen atoms in total. The van der Waals surface area contributed by atoms with E-state index in [9.17, 15) is 22.0 Å². The smallest absolute Gasteiger partial charge is 0.166 e. The minimum absolute atomic E-state index is 0.0813. The normalized spacial score (nSPS) is 11.2. The highest BCUT2D eigenvalue weighted by atomic mass is 19.2. The Kier molecular flexibility index (Phi) is 4.82. The molecule has 4 aromatic carbocycles. The second-order valence-corrected chi connectivity index (χ2v) is 6.78. The van der Waals surface area contributed by atoms with Gasteiger partial charge in [0.15, 0.2) is 11.6 Å². The fraction of sp³-hybridized carbons (Fsp3) is 0.0833. The molecule has 146 valence electrons. The average molecular weight is 398 g/mol. The highest BCUT2D eigenvalue weighted by Gasteiger charge is 2.16. The molecule has 0 aliphatic rings. The molecule has 0 saturated heterocycles. The lowest BCUT2D eigenvalue weighted by atomic mass is 9.96. The van der Waals surface area contributed by atoms with Gasteiger partial charge in [-0.25, -0.2) is 22.0 Å². The zero-order valence-electron chi connectivity index (χ0n) is 15.4. The quantitative estimate of drug-likeness (QED) is 0.315. The van der Waals surface area contributed by atoms with Crippen LogP contribution < -0.4 is 0 Å². The minimum Gasteiger partial charge on any atom is -0.206 e. The van der Waals surface area contributed by atoms with Gasteiger partial charge in [-0.2, -0.15) is 0 Å². The van der Waals surface area contributed by atoms with Crippen molar-refractivity contribution in [2.24, 2.45) is 0 Å². The lowest BCUT2D eigenvalue weighted by Crippen LogP contribution is -1.95. The summed E-state index contributed by atoms with van der Waals surface area (Å²) in [5.41, 5.74) is 0.934. The molecule has 0 N–H and O–H groups in total. The van der Waals surface area contributed by atoms with Crippen LogP contribution in [0.5, 0.6) is 0 Å². The first-order chi connectivity index (χ1) is 13.9. The molecule has 0 heterocycles. The van der Waals surface area contributed by atoms with Gasteiger partial charge in [0.1, 0.15) is 17.5 Å². The zero-order chi connectivity index (χ0) is 20.7. The van der Waals surface area contributed by atoms with Gasteiger partial charge in [-0.1, -0.05) is 37.3 Å². The van der Waals surface area contributed by atoms with Crippen LogP contribution in [0.3, 0.4) is 0 Å². The summed E-state index contributed by atoms with van der Waals surface area (Å²) in [5.74, 6) is -4.11. The lowest BCUT2D eigenvalue weighted by Gasteiger charge is -2.11. The standard InChI is InChI=1S/C24H15F5/c1-2-13-9-21(27)23(22(28)10-13)16-4-6-17(20(26)12-16)14-3-7-18-15(11-14)5-8-19(25)24(18)29/h3-12H,2H2,1H3. The SMILES string of the molecule is CCc1cc(F)c(-c2ccc(-c3ccc4c(F)c(F)ccc4c3)c(F)c2)c(F)c1. The average Bonchev–Trinajstić information content (AvgIpc) is 2.70. The Bertz CT molecular complexity index is 1220. The molecule has 0 fully saturated rings. The fourth-order valence-electron chi connectivity index (χ4n) is 3.44. The van der Waals surface area contributed by atoms with Crippen LogP contribution >= 0.6 is 0 Å². The van der Waals surface area contributed by atoms with Gasteiger partial charge in [0.05, 0.1) is 5.56 Å². The van der Waals surface area contributed by atoms with E-state index in [1.54, 1.807) is 6.92 Å². The first-order valence-electron chi connectivity index (χ1n) is 9.05. The third-order valence-corrected chi connectivity index (χ3v) is 4.99. The number of hydrogen-bond donors (Lipinski definition) is 0. The van der Waals surface area contributed by atoms with Crippen LogP contribution in [0.15, 0.2) is 60.7 Å². The van der Waals surface area contributed by atoms with E-state index < -0.39 is 29.1 Å². The summed E-state index contributed by atoms with van der Waals surface area (Å²) in [5, 5.41) is 0.503. The van der Waals surface area contributed by atoms with Crippen molar-refractivity contribution in [2.45, 2.75) is 13.3 Å². The Morgan fingerprint density at radius 1 is 0.621 bits per heavy atom. The Hall–Kier alpha value is -3.21. The lowest BCUT2D eigenvalue weighted by molar-refractivity contribution is 0.517. The van der Waals surface area contributed by atoms with Crippen molar-refractivity contribution in [3.8, 4) is 22.3 Å². The topological polar surface area (TPSA) is 0 Å². The van der Waals surface area contributed by atoms with Crippen LogP contribution in [0.1, 0.15) is 12.5 Å². The molecule has 0 aliphatic carbocycles. The first kappa shape index (κ1) is 19.1. The van der Waals surface area contributed by atoms with Crippen LogP contribution in [0, 0.1) is 29.1 Å². The van der Waals surface area contributed by atoms with E-state index in [0.29, 0.717) is 22.9 Å². The molecule has 4 rings (SSSR count). The molecule has 0 atom stereocenters. The van der Waals surface area contributed by atoms with Crippen LogP contribution in [0.25, 0.3) is 33.0 Å². The second kappa shape index (κ2) is 7.32. The minimum atomic E-state index is -0.966. The predicted molar refractivity (Wildman–Crippen MR) is 104 cm³/mol. The van der Waals surface area contributed by atoms with E-state index in [0.717, 1.165) is 12.1 Å². The summed E-state index contributed by atoms with van der Waals surface area (Å²) in [6, 6.07) is 13.2. The monoisotopic (exact) mass is 398 g/mol. The Morgan fingerprint density at radius 2 is 1.31 bits per heavy atom. The molecule has 5 heteroatoms. The first-order valence-corrected chi connectivity index (χ1v) is 9.05. The fourth-order valence-corrected chi connectivity index (χ4v) is 3.44. The van der Waals surface area contributed by atoms with Crippen molar-refractivity contribution in [1.29, 1.82) is 0 Å². The van der Waals surface area contributed by atoms with Crippen molar-refractivity contribution >= 4 is 10.8 Å². The van der Waals surface area contributed by atoms with Gasteiger partial charge in [-0.05, 0) is 58.8 Å². The highest BCUT2D eigenvalue weighted by molar-refractivity contribution is 5.88. The molecule has 29 heavy (non-hydrogen) atoms. The van der Waals surface area contributed by atoms with Gasteiger partial charge < -0.3 is 0 Å². The zero-order valence-corrected chi connectivity index (χ0v) is 15.4. The van der Waals surface area contributed by atoms with Gasteiger partial charge in [-0.15, -0.1) is 0 Å². The Morgan fingerprint density at radius 3 is 1.97 bits per heavy atom. The maximum atomic E-state index is 14.8. The maximum absolute atomic E-state index is 14.8. The van der Waals surface area contributed by atoms with Crippen LogP contribution in [0.4, 0.5) is 22.0 Å². The van der Waals surface area contributed by atoms with Crippen molar-refractivity contribution in [1.82, 2.24) is 0 Å². The number of benzene rings is 4.